The summed E-state index contributed by atoms with van der Waals surface area (Å²) in [6, 6.07) is 20.3. The van der Waals surface area contributed by atoms with Gasteiger partial charge in [0.05, 0.1) is 7.11 Å². The summed E-state index contributed by atoms with van der Waals surface area (Å²) < 4.78 is 5.37. The summed E-state index contributed by atoms with van der Waals surface area (Å²) in [7, 11) is 1.67. The van der Waals surface area contributed by atoms with Crippen LogP contribution in [0, 0.1) is 0 Å². The van der Waals surface area contributed by atoms with E-state index in [1.807, 2.05) is 30.3 Å². The summed E-state index contributed by atoms with van der Waals surface area (Å²) in [5.41, 5.74) is 2.34. The summed E-state index contributed by atoms with van der Waals surface area (Å²) in [6.07, 6.45) is 0. The molecule has 0 aliphatic rings. The fourth-order valence-electron chi connectivity index (χ4n) is 2.27. The first-order valence-corrected chi connectivity index (χ1v) is 6.49. The second-order valence-electron chi connectivity index (χ2n) is 4.38. The van der Waals surface area contributed by atoms with Gasteiger partial charge in [-0.15, -0.1) is 0 Å². The maximum Gasteiger partial charge on any atom is 0.126 e. The van der Waals surface area contributed by atoms with Crippen molar-refractivity contribution in [2.24, 2.45) is 0 Å². The Kier molecular flexibility index (Phi) is 3.14. The first-order chi connectivity index (χ1) is 9.29. The second-order valence-corrected chi connectivity index (χ2v) is 4.78. The highest BCUT2D eigenvalue weighted by Crippen LogP contribution is 2.34. The van der Waals surface area contributed by atoms with E-state index in [4.69, 9.17) is 16.3 Å². The molecule has 1 nitrogen and oxygen atoms in total. The molecule has 0 heterocycles. The van der Waals surface area contributed by atoms with Crippen molar-refractivity contribution < 1.29 is 4.74 Å². The Morgan fingerprint density at radius 3 is 2.32 bits per heavy atom. The Balaban J connectivity index is 2.24. The molecule has 0 radical (unpaired) electrons. The Morgan fingerprint density at radius 2 is 1.58 bits per heavy atom. The molecule has 0 spiro atoms. The molecule has 3 aromatic carbocycles. The van der Waals surface area contributed by atoms with Gasteiger partial charge in [0.25, 0.3) is 0 Å². The highest BCUT2D eigenvalue weighted by atomic mass is 35.5. The van der Waals surface area contributed by atoms with E-state index in [0.29, 0.717) is 0 Å². The van der Waals surface area contributed by atoms with Crippen molar-refractivity contribution in [1.82, 2.24) is 0 Å². The third-order valence-corrected chi connectivity index (χ3v) is 3.58. The minimum atomic E-state index is 0.744. The van der Waals surface area contributed by atoms with E-state index in [-0.39, 0.29) is 0 Å². The predicted molar refractivity (Wildman–Crippen MR) is 80.9 cm³/mol. The van der Waals surface area contributed by atoms with Gasteiger partial charge in [0, 0.05) is 15.8 Å². The highest BCUT2D eigenvalue weighted by Gasteiger charge is 2.06. The Hall–Kier alpha value is -1.99. The SMILES string of the molecule is COc1ccc(Cl)c2cc(-c3ccccc3)ccc12. The minimum Gasteiger partial charge on any atom is -0.496 e. The monoisotopic (exact) mass is 268 g/mol. The molecule has 0 bridgehead atoms. The molecule has 0 unspecified atom stereocenters. The molecule has 0 amide bonds. The van der Waals surface area contributed by atoms with Crippen molar-refractivity contribution >= 4 is 22.4 Å². The van der Waals surface area contributed by atoms with Gasteiger partial charge in [-0.05, 0) is 35.4 Å². The molecule has 19 heavy (non-hydrogen) atoms. The number of hydrogen-bond donors (Lipinski definition) is 0. The van der Waals surface area contributed by atoms with Crippen LogP contribution in [0.5, 0.6) is 5.75 Å². The van der Waals surface area contributed by atoms with Gasteiger partial charge in [0.1, 0.15) is 5.75 Å². The topological polar surface area (TPSA) is 9.23 Å². The zero-order chi connectivity index (χ0) is 13.2. The van der Waals surface area contributed by atoms with Crippen molar-refractivity contribution in [2.75, 3.05) is 7.11 Å². The largest absolute Gasteiger partial charge is 0.496 e. The van der Waals surface area contributed by atoms with Crippen LogP contribution in [-0.2, 0) is 0 Å². The molecule has 0 aromatic heterocycles. The number of halogens is 1. The van der Waals surface area contributed by atoms with E-state index >= 15 is 0 Å². The Bertz CT molecular complexity index is 720. The van der Waals surface area contributed by atoms with Gasteiger partial charge in [-0.25, -0.2) is 0 Å². The first kappa shape index (κ1) is 12.1. The van der Waals surface area contributed by atoms with Crippen LogP contribution in [0.1, 0.15) is 0 Å². The quantitative estimate of drug-likeness (QED) is 0.623. The molecule has 94 valence electrons. The van der Waals surface area contributed by atoms with E-state index < -0.39 is 0 Å². The van der Waals surface area contributed by atoms with Crippen LogP contribution in [0.4, 0.5) is 0 Å². The molecule has 0 atom stereocenters. The Morgan fingerprint density at radius 1 is 0.789 bits per heavy atom. The van der Waals surface area contributed by atoms with Gasteiger partial charge in [-0.3, -0.25) is 0 Å². The summed E-state index contributed by atoms with van der Waals surface area (Å²) in [5, 5.41) is 2.80. The van der Waals surface area contributed by atoms with Crippen LogP contribution >= 0.6 is 11.6 Å². The third-order valence-electron chi connectivity index (χ3n) is 3.25. The average molecular weight is 269 g/mol. The molecule has 0 aliphatic heterocycles. The van der Waals surface area contributed by atoms with Gasteiger partial charge in [-0.1, -0.05) is 48.0 Å². The smallest absolute Gasteiger partial charge is 0.126 e. The van der Waals surface area contributed by atoms with Crippen LogP contribution in [0.2, 0.25) is 5.02 Å². The first-order valence-electron chi connectivity index (χ1n) is 6.11. The van der Waals surface area contributed by atoms with Crippen molar-refractivity contribution in [3.05, 3.63) is 65.7 Å². The van der Waals surface area contributed by atoms with Crippen LogP contribution in [0.15, 0.2) is 60.7 Å². The summed E-state index contributed by atoms with van der Waals surface area (Å²) in [5.74, 6) is 0.846. The van der Waals surface area contributed by atoms with E-state index in [9.17, 15) is 0 Å². The lowest BCUT2D eigenvalue weighted by Gasteiger charge is -2.09. The lowest BCUT2D eigenvalue weighted by atomic mass is 10.0. The summed E-state index contributed by atoms with van der Waals surface area (Å²) in [6.45, 7) is 0. The molecule has 0 N–H and O–H groups in total. The maximum absolute atomic E-state index is 6.29. The fourth-order valence-corrected chi connectivity index (χ4v) is 2.49. The second kappa shape index (κ2) is 4.94. The van der Waals surface area contributed by atoms with Crippen molar-refractivity contribution in [1.29, 1.82) is 0 Å². The van der Waals surface area contributed by atoms with Gasteiger partial charge in [-0.2, -0.15) is 0 Å². The molecular weight excluding hydrogens is 256 g/mol. The molecule has 0 aliphatic carbocycles. The van der Waals surface area contributed by atoms with E-state index in [1.54, 1.807) is 7.11 Å². The number of fused-ring (bicyclic) bond motifs is 1. The van der Waals surface area contributed by atoms with Crippen molar-refractivity contribution in [2.45, 2.75) is 0 Å². The van der Waals surface area contributed by atoms with Gasteiger partial charge in [0.2, 0.25) is 0 Å². The summed E-state index contributed by atoms with van der Waals surface area (Å²) >= 11 is 6.29. The zero-order valence-corrected chi connectivity index (χ0v) is 11.3. The molecule has 0 fully saturated rings. The van der Waals surface area contributed by atoms with E-state index in [1.165, 1.54) is 5.56 Å². The fraction of sp³-hybridized carbons (Fsp3) is 0.0588. The highest BCUT2D eigenvalue weighted by molar-refractivity contribution is 6.35. The molecular formula is C17H13ClO. The minimum absolute atomic E-state index is 0.744. The molecule has 3 aromatic rings. The summed E-state index contributed by atoms with van der Waals surface area (Å²) in [4.78, 5) is 0. The normalized spacial score (nSPS) is 10.6. The average Bonchev–Trinajstić information content (AvgIpc) is 2.48. The standard InChI is InChI=1S/C17H13ClO/c1-19-17-10-9-16(18)15-11-13(7-8-14(15)17)12-5-3-2-4-6-12/h2-11H,1H3. The number of rotatable bonds is 2. The van der Waals surface area contributed by atoms with Crippen LogP contribution < -0.4 is 4.74 Å². The third kappa shape index (κ3) is 2.18. The zero-order valence-electron chi connectivity index (χ0n) is 10.6. The lowest BCUT2D eigenvalue weighted by Crippen LogP contribution is -1.86. The van der Waals surface area contributed by atoms with Crippen molar-refractivity contribution in [3.63, 3.8) is 0 Å². The number of ether oxygens (including phenoxy) is 1. The van der Waals surface area contributed by atoms with Gasteiger partial charge >= 0.3 is 0 Å². The maximum atomic E-state index is 6.29. The van der Waals surface area contributed by atoms with E-state index in [0.717, 1.165) is 27.1 Å². The van der Waals surface area contributed by atoms with Crippen molar-refractivity contribution in [3.8, 4) is 16.9 Å². The van der Waals surface area contributed by atoms with Gasteiger partial charge in [0.15, 0.2) is 0 Å². The van der Waals surface area contributed by atoms with Gasteiger partial charge < -0.3 is 4.74 Å². The van der Waals surface area contributed by atoms with Crippen LogP contribution in [-0.4, -0.2) is 7.11 Å². The van der Waals surface area contributed by atoms with Crippen LogP contribution in [0.3, 0.4) is 0 Å². The molecule has 3 rings (SSSR count). The number of methoxy groups -OCH3 is 1. The molecule has 0 saturated carbocycles. The van der Waals surface area contributed by atoms with Crippen LogP contribution in [0.25, 0.3) is 21.9 Å². The lowest BCUT2D eigenvalue weighted by molar-refractivity contribution is 0.420. The molecule has 0 saturated heterocycles. The number of hydrogen-bond acceptors (Lipinski definition) is 1. The van der Waals surface area contributed by atoms with E-state index in [2.05, 4.69) is 30.3 Å². The Labute approximate surface area is 117 Å². The predicted octanol–water partition coefficient (Wildman–Crippen LogP) is 5.17. The number of benzene rings is 3. The molecule has 2 heteroatoms.